The Labute approximate surface area is 318 Å². The van der Waals surface area contributed by atoms with Crippen molar-refractivity contribution < 1.29 is 0 Å². The summed E-state index contributed by atoms with van der Waals surface area (Å²) in [5, 5.41) is 1.12. The van der Waals surface area contributed by atoms with Crippen molar-refractivity contribution in [1.82, 2.24) is 19.9 Å². The minimum Gasteiger partial charge on any atom is -0.324 e. The van der Waals surface area contributed by atoms with Crippen molar-refractivity contribution >= 4 is 28.2 Å². The van der Waals surface area contributed by atoms with Crippen molar-refractivity contribution in [3.8, 4) is 67.0 Å². The van der Waals surface area contributed by atoms with E-state index in [0.717, 1.165) is 84.5 Å². The van der Waals surface area contributed by atoms with Crippen molar-refractivity contribution in [2.75, 3.05) is 0 Å². The molecule has 0 spiro atoms. The molecule has 256 valence electrons. The van der Waals surface area contributed by atoms with Gasteiger partial charge in [0.25, 0.3) is 0 Å². The van der Waals surface area contributed by atoms with Crippen molar-refractivity contribution in [2.45, 2.75) is 22.3 Å². The molecule has 0 radical (unpaired) electrons. The molecule has 3 aromatic heterocycles. The van der Waals surface area contributed by atoms with Crippen LogP contribution in [0.5, 0.6) is 0 Å². The van der Waals surface area contributed by atoms with Crippen LogP contribution in [0.15, 0.2) is 180 Å². The van der Waals surface area contributed by atoms with Crippen LogP contribution in [0.4, 0.5) is 0 Å². The number of fused-ring (bicyclic) bond motifs is 2. The first-order valence-corrected chi connectivity index (χ1v) is 18.9. The number of hydrogen-bond donors (Lipinski definition) is 1. The second kappa shape index (κ2) is 13.5. The normalized spacial score (nSPS) is 14.5. The fourth-order valence-electron chi connectivity index (χ4n) is 7.49. The summed E-state index contributed by atoms with van der Waals surface area (Å²) >= 11 is 1.81. The molecule has 1 aliphatic carbocycles. The standard InChI is InChI=1S/C48H33N5S/c49-39-16-14-30(15-17-39)43-27-38(28-44(53-43)31-20-22-50-23-21-31)36-10-4-8-34(25-36)32-6-3-7-33(24-32)35-9-5-11-37(26-35)40-18-19-42-46-47(52-29-51-42)41-12-1-2-13-45(41)54-48(40)46/h1-16,18-29,39H,17,49H2/t39-/m1/s1. The van der Waals surface area contributed by atoms with Gasteiger partial charge in [-0.1, -0.05) is 109 Å². The summed E-state index contributed by atoms with van der Waals surface area (Å²) in [5.41, 5.74) is 22.5. The molecule has 0 saturated heterocycles. The molecule has 8 aromatic rings. The molecular formula is C48H33N5S. The van der Waals surface area contributed by atoms with E-state index in [0.29, 0.717) is 0 Å². The zero-order chi connectivity index (χ0) is 36.0. The third-order valence-corrected chi connectivity index (χ3v) is 11.4. The Balaban J connectivity index is 1.01. The molecule has 0 saturated carbocycles. The van der Waals surface area contributed by atoms with Crippen molar-refractivity contribution in [1.29, 1.82) is 0 Å². The predicted octanol–water partition coefficient (Wildman–Crippen LogP) is 11.6. The zero-order valence-corrected chi connectivity index (χ0v) is 30.0. The minimum absolute atomic E-state index is 0.0399. The molecule has 1 atom stereocenters. The number of nitrogens with zero attached hydrogens (tertiary/aromatic N) is 4. The average molecular weight is 712 g/mol. The van der Waals surface area contributed by atoms with Crippen molar-refractivity contribution in [3.05, 3.63) is 176 Å². The summed E-state index contributed by atoms with van der Waals surface area (Å²) in [4.78, 5) is 21.1. The van der Waals surface area contributed by atoms with E-state index in [-0.39, 0.29) is 6.04 Å². The quantitative estimate of drug-likeness (QED) is 0.185. The van der Waals surface area contributed by atoms with E-state index in [1.807, 2.05) is 36.3 Å². The number of hydrogen-bond acceptors (Lipinski definition) is 6. The molecule has 2 aliphatic rings. The summed E-state index contributed by atoms with van der Waals surface area (Å²) in [6.07, 6.45) is 12.4. The Bertz CT molecular complexity index is 2810. The SMILES string of the molecule is N[C@@H]1C=CC(c2cc(-c3cccc(-c4cccc(-c5cccc(-c6ccc7ncnc8c7c6Sc6ccccc6-8)c5)c4)c3)cc(-c3ccncc3)n2)=CC1. The maximum absolute atomic E-state index is 6.16. The molecule has 2 N–H and O–H groups in total. The van der Waals surface area contributed by atoms with Gasteiger partial charge in [0.05, 0.1) is 22.6 Å². The molecule has 10 rings (SSSR count). The second-order valence-electron chi connectivity index (χ2n) is 13.7. The van der Waals surface area contributed by atoms with E-state index in [1.54, 1.807) is 6.33 Å². The number of rotatable bonds is 6. The average Bonchev–Trinajstić information content (AvgIpc) is 3.24. The Morgan fingerprint density at radius 2 is 1.24 bits per heavy atom. The molecule has 0 amide bonds. The van der Waals surface area contributed by atoms with Crippen LogP contribution in [0.1, 0.15) is 12.1 Å². The minimum atomic E-state index is 0.0399. The van der Waals surface area contributed by atoms with E-state index >= 15 is 0 Å². The van der Waals surface area contributed by atoms with E-state index < -0.39 is 0 Å². The fraction of sp³-hybridized carbons (Fsp3) is 0.0417. The van der Waals surface area contributed by atoms with E-state index in [2.05, 4.69) is 150 Å². The third-order valence-electron chi connectivity index (χ3n) is 10.2. The molecule has 6 heteroatoms. The van der Waals surface area contributed by atoms with Gasteiger partial charge in [0, 0.05) is 44.7 Å². The number of nitrogens with two attached hydrogens (primary N) is 1. The van der Waals surface area contributed by atoms with Gasteiger partial charge in [0.2, 0.25) is 0 Å². The first-order valence-electron chi connectivity index (χ1n) is 18.1. The van der Waals surface area contributed by atoms with Gasteiger partial charge in [-0.25, -0.2) is 15.0 Å². The van der Waals surface area contributed by atoms with E-state index in [4.69, 9.17) is 15.7 Å². The van der Waals surface area contributed by atoms with Gasteiger partial charge in [0.1, 0.15) is 6.33 Å². The van der Waals surface area contributed by atoms with E-state index in [9.17, 15) is 0 Å². The van der Waals surface area contributed by atoms with Crippen LogP contribution in [0.25, 0.3) is 83.5 Å². The Morgan fingerprint density at radius 3 is 1.96 bits per heavy atom. The second-order valence-corrected chi connectivity index (χ2v) is 14.7. The highest BCUT2D eigenvalue weighted by Gasteiger charge is 2.24. The fourth-order valence-corrected chi connectivity index (χ4v) is 8.73. The summed E-state index contributed by atoms with van der Waals surface area (Å²) in [5.74, 6) is 0. The first-order chi connectivity index (χ1) is 26.6. The maximum Gasteiger partial charge on any atom is 0.116 e. The predicted molar refractivity (Wildman–Crippen MR) is 222 cm³/mol. The Morgan fingerprint density at radius 1 is 0.574 bits per heavy atom. The van der Waals surface area contributed by atoms with Crippen LogP contribution in [0.2, 0.25) is 0 Å². The van der Waals surface area contributed by atoms with Gasteiger partial charge in [-0.2, -0.15) is 0 Å². The van der Waals surface area contributed by atoms with Gasteiger partial charge >= 0.3 is 0 Å². The summed E-state index contributed by atoms with van der Waals surface area (Å²) in [6.45, 7) is 0. The molecule has 0 bridgehead atoms. The van der Waals surface area contributed by atoms with Crippen LogP contribution in [-0.4, -0.2) is 26.0 Å². The monoisotopic (exact) mass is 711 g/mol. The van der Waals surface area contributed by atoms with Crippen LogP contribution < -0.4 is 5.73 Å². The van der Waals surface area contributed by atoms with Gasteiger partial charge in [-0.15, -0.1) is 0 Å². The van der Waals surface area contributed by atoms with Crippen LogP contribution in [-0.2, 0) is 0 Å². The number of benzene rings is 5. The molecule has 1 aliphatic heterocycles. The third kappa shape index (κ3) is 5.92. The lowest BCUT2D eigenvalue weighted by Crippen LogP contribution is -2.17. The van der Waals surface area contributed by atoms with Crippen molar-refractivity contribution in [3.63, 3.8) is 0 Å². The number of allylic oxidation sites excluding steroid dienone is 2. The smallest absolute Gasteiger partial charge is 0.116 e. The number of pyridine rings is 2. The highest BCUT2D eigenvalue weighted by Crippen LogP contribution is 2.50. The Kier molecular flexibility index (Phi) is 8.05. The largest absolute Gasteiger partial charge is 0.324 e. The highest BCUT2D eigenvalue weighted by atomic mass is 32.2. The molecule has 54 heavy (non-hydrogen) atoms. The van der Waals surface area contributed by atoms with Gasteiger partial charge in [-0.3, -0.25) is 4.98 Å². The molecule has 4 heterocycles. The van der Waals surface area contributed by atoms with Crippen LogP contribution >= 0.6 is 11.8 Å². The molecule has 5 aromatic carbocycles. The topological polar surface area (TPSA) is 77.6 Å². The lowest BCUT2D eigenvalue weighted by Gasteiger charge is -2.21. The van der Waals surface area contributed by atoms with Crippen LogP contribution in [0, 0.1) is 0 Å². The molecule has 5 nitrogen and oxygen atoms in total. The maximum atomic E-state index is 6.16. The summed E-state index contributed by atoms with van der Waals surface area (Å²) < 4.78 is 0. The van der Waals surface area contributed by atoms with E-state index in [1.165, 1.54) is 20.9 Å². The van der Waals surface area contributed by atoms with Gasteiger partial charge in [0.15, 0.2) is 0 Å². The summed E-state index contributed by atoms with van der Waals surface area (Å²) in [6, 6.07) is 47.7. The molecule has 0 fully saturated rings. The molecule has 0 unspecified atom stereocenters. The van der Waals surface area contributed by atoms with Crippen LogP contribution in [0.3, 0.4) is 0 Å². The zero-order valence-electron chi connectivity index (χ0n) is 29.2. The highest BCUT2D eigenvalue weighted by molar-refractivity contribution is 8.00. The summed E-state index contributed by atoms with van der Waals surface area (Å²) in [7, 11) is 0. The Hall–Kier alpha value is -6.47. The first kappa shape index (κ1) is 32.2. The number of aromatic nitrogens is 4. The van der Waals surface area contributed by atoms with Gasteiger partial charge in [-0.05, 0) is 111 Å². The molecular weight excluding hydrogens is 679 g/mol. The lowest BCUT2D eigenvalue weighted by atomic mass is 9.93. The van der Waals surface area contributed by atoms with Gasteiger partial charge < -0.3 is 5.73 Å². The van der Waals surface area contributed by atoms with Crippen molar-refractivity contribution in [2.24, 2.45) is 5.73 Å². The lowest BCUT2D eigenvalue weighted by molar-refractivity contribution is 0.827.